The number of carbonyl (C=O) groups excluding carboxylic acids is 1. The molecular formula is C14H18O4. The second-order valence-electron chi connectivity index (χ2n) is 3.65. The van der Waals surface area contributed by atoms with Crippen LogP contribution in [0.4, 0.5) is 0 Å². The van der Waals surface area contributed by atoms with Gasteiger partial charge in [0.25, 0.3) is 0 Å². The molecule has 0 saturated carbocycles. The predicted molar refractivity (Wildman–Crippen MR) is 69.9 cm³/mol. The Kier molecular flexibility index (Phi) is 5.94. The fourth-order valence-electron chi connectivity index (χ4n) is 1.45. The monoisotopic (exact) mass is 250 g/mol. The van der Waals surface area contributed by atoms with Gasteiger partial charge in [0.1, 0.15) is 11.3 Å². The molecular weight excluding hydrogens is 232 g/mol. The van der Waals surface area contributed by atoms with E-state index in [1.807, 2.05) is 0 Å². The first-order chi connectivity index (χ1) is 8.72. The fraction of sp³-hybridized carbons (Fsp3) is 0.357. The van der Waals surface area contributed by atoms with Gasteiger partial charge in [-0.15, -0.1) is 0 Å². The fourth-order valence-corrected chi connectivity index (χ4v) is 1.45. The Hall–Kier alpha value is -1.81. The Morgan fingerprint density at radius 1 is 1.33 bits per heavy atom. The molecule has 1 aromatic rings. The Morgan fingerprint density at radius 2 is 2.11 bits per heavy atom. The van der Waals surface area contributed by atoms with Gasteiger partial charge in [0.05, 0.1) is 13.7 Å². The maximum atomic E-state index is 11.6. The Labute approximate surface area is 107 Å². The molecule has 0 amide bonds. The number of hydrogen-bond donors (Lipinski definition) is 0. The molecule has 0 fully saturated rings. The van der Waals surface area contributed by atoms with Crippen LogP contribution in [0.2, 0.25) is 0 Å². The highest BCUT2D eigenvalue weighted by atomic mass is 16.5. The van der Waals surface area contributed by atoms with Gasteiger partial charge in [-0.1, -0.05) is 18.7 Å². The Bertz CT molecular complexity index is 412. The van der Waals surface area contributed by atoms with E-state index >= 15 is 0 Å². The summed E-state index contributed by atoms with van der Waals surface area (Å²) in [5.41, 5.74) is 1.31. The van der Waals surface area contributed by atoms with Crippen LogP contribution in [0.5, 0.6) is 5.75 Å². The maximum absolute atomic E-state index is 11.6. The van der Waals surface area contributed by atoms with Crippen molar-refractivity contribution in [3.05, 3.63) is 35.9 Å². The van der Waals surface area contributed by atoms with Crippen molar-refractivity contribution in [2.75, 3.05) is 27.4 Å². The van der Waals surface area contributed by atoms with E-state index in [4.69, 9.17) is 14.2 Å². The molecule has 0 aliphatic rings. The molecule has 0 radical (unpaired) electrons. The van der Waals surface area contributed by atoms with Crippen LogP contribution >= 0.6 is 0 Å². The third-order valence-electron chi connectivity index (χ3n) is 2.40. The summed E-state index contributed by atoms with van der Waals surface area (Å²) in [4.78, 5) is 11.6. The zero-order chi connectivity index (χ0) is 13.4. The van der Waals surface area contributed by atoms with Gasteiger partial charge >= 0.3 is 5.97 Å². The van der Waals surface area contributed by atoms with E-state index in [-0.39, 0.29) is 0 Å². The van der Waals surface area contributed by atoms with E-state index in [1.165, 1.54) is 7.11 Å². The van der Waals surface area contributed by atoms with Gasteiger partial charge in [0.2, 0.25) is 0 Å². The molecule has 4 nitrogen and oxygen atoms in total. The van der Waals surface area contributed by atoms with Crippen LogP contribution in [0.3, 0.4) is 0 Å². The highest BCUT2D eigenvalue weighted by molar-refractivity contribution is 5.92. The average molecular weight is 250 g/mol. The largest absolute Gasteiger partial charge is 0.493 e. The second-order valence-corrected chi connectivity index (χ2v) is 3.65. The quantitative estimate of drug-likeness (QED) is 0.551. The molecule has 0 heterocycles. The first kappa shape index (κ1) is 14.3. The summed E-state index contributed by atoms with van der Waals surface area (Å²) in [6.07, 6.45) is 2.46. The summed E-state index contributed by atoms with van der Waals surface area (Å²) >= 11 is 0. The number of benzene rings is 1. The lowest BCUT2D eigenvalue weighted by molar-refractivity contribution is 0.0595. The smallest absolute Gasteiger partial charge is 0.341 e. The average Bonchev–Trinajstić information content (AvgIpc) is 2.42. The van der Waals surface area contributed by atoms with Crippen LogP contribution in [0.1, 0.15) is 22.3 Å². The van der Waals surface area contributed by atoms with Gasteiger partial charge in [-0.25, -0.2) is 4.79 Å². The van der Waals surface area contributed by atoms with Crippen LogP contribution in [-0.4, -0.2) is 33.4 Å². The molecule has 0 atom stereocenters. The van der Waals surface area contributed by atoms with E-state index in [0.717, 1.165) is 12.0 Å². The van der Waals surface area contributed by atoms with Gasteiger partial charge in [0, 0.05) is 20.1 Å². The molecule has 18 heavy (non-hydrogen) atoms. The third kappa shape index (κ3) is 3.89. The summed E-state index contributed by atoms with van der Waals surface area (Å²) in [5, 5.41) is 0. The lowest BCUT2D eigenvalue weighted by atomic mass is 10.1. The number of esters is 1. The zero-order valence-corrected chi connectivity index (χ0v) is 10.8. The van der Waals surface area contributed by atoms with Crippen molar-refractivity contribution < 1.29 is 19.0 Å². The lowest BCUT2D eigenvalue weighted by Crippen LogP contribution is -2.08. The SMILES string of the molecule is C=Cc1ccc(C(=O)OC)c(OCCCOC)c1. The molecule has 4 heteroatoms. The minimum absolute atomic E-state index is 0.410. The van der Waals surface area contributed by atoms with Crippen LogP contribution in [0, 0.1) is 0 Å². The van der Waals surface area contributed by atoms with Crippen LogP contribution < -0.4 is 4.74 Å². The van der Waals surface area contributed by atoms with Gasteiger partial charge < -0.3 is 14.2 Å². The van der Waals surface area contributed by atoms with Crippen molar-refractivity contribution in [3.63, 3.8) is 0 Å². The van der Waals surface area contributed by atoms with Crippen molar-refractivity contribution >= 4 is 12.0 Å². The maximum Gasteiger partial charge on any atom is 0.341 e. The number of rotatable bonds is 7. The highest BCUT2D eigenvalue weighted by Gasteiger charge is 2.13. The van der Waals surface area contributed by atoms with Gasteiger partial charge in [-0.05, 0) is 17.7 Å². The van der Waals surface area contributed by atoms with E-state index in [2.05, 4.69) is 6.58 Å². The van der Waals surface area contributed by atoms with Crippen LogP contribution in [0.25, 0.3) is 6.08 Å². The number of ether oxygens (including phenoxy) is 3. The van der Waals surface area contributed by atoms with Crippen molar-refractivity contribution in [3.8, 4) is 5.75 Å². The standard InChI is InChI=1S/C14H18O4/c1-4-11-6-7-12(14(15)17-3)13(10-11)18-9-5-8-16-2/h4,6-7,10H,1,5,8-9H2,2-3H3. The van der Waals surface area contributed by atoms with Gasteiger partial charge in [0.15, 0.2) is 0 Å². The summed E-state index contributed by atoms with van der Waals surface area (Å²) in [6.45, 7) is 4.79. The van der Waals surface area contributed by atoms with Crippen molar-refractivity contribution in [1.29, 1.82) is 0 Å². The van der Waals surface area contributed by atoms with Crippen molar-refractivity contribution in [2.45, 2.75) is 6.42 Å². The second kappa shape index (κ2) is 7.50. The minimum atomic E-state index is -0.410. The van der Waals surface area contributed by atoms with Crippen molar-refractivity contribution in [2.24, 2.45) is 0 Å². The molecule has 1 rings (SSSR count). The van der Waals surface area contributed by atoms with Crippen molar-refractivity contribution in [1.82, 2.24) is 0 Å². The number of methoxy groups -OCH3 is 2. The topological polar surface area (TPSA) is 44.8 Å². The molecule has 0 unspecified atom stereocenters. The van der Waals surface area contributed by atoms with Gasteiger partial charge in [-0.2, -0.15) is 0 Å². The predicted octanol–water partition coefficient (Wildman–Crippen LogP) is 2.53. The van der Waals surface area contributed by atoms with Crippen LogP contribution in [0.15, 0.2) is 24.8 Å². The third-order valence-corrected chi connectivity index (χ3v) is 2.40. The summed E-state index contributed by atoms with van der Waals surface area (Å²) in [5.74, 6) is 0.0997. The molecule has 0 aromatic heterocycles. The molecule has 0 N–H and O–H groups in total. The molecule has 1 aromatic carbocycles. The normalized spacial score (nSPS) is 9.89. The summed E-state index contributed by atoms with van der Waals surface area (Å²) < 4.78 is 15.2. The zero-order valence-electron chi connectivity index (χ0n) is 10.8. The van der Waals surface area contributed by atoms with E-state index in [0.29, 0.717) is 24.5 Å². The number of hydrogen-bond acceptors (Lipinski definition) is 4. The van der Waals surface area contributed by atoms with E-state index < -0.39 is 5.97 Å². The lowest BCUT2D eigenvalue weighted by Gasteiger charge is -2.11. The molecule has 0 bridgehead atoms. The first-order valence-corrected chi connectivity index (χ1v) is 5.69. The van der Waals surface area contributed by atoms with E-state index in [9.17, 15) is 4.79 Å². The highest BCUT2D eigenvalue weighted by Crippen LogP contribution is 2.22. The summed E-state index contributed by atoms with van der Waals surface area (Å²) in [7, 11) is 2.98. The van der Waals surface area contributed by atoms with Crippen LogP contribution in [-0.2, 0) is 9.47 Å². The number of carbonyl (C=O) groups is 1. The Morgan fingerprint density at radius 3 is 2.72 bits per heavy atom. The molecule has 0 aliphatic heterocycles. The summed E-state index contributed by atoms with van der Waals surface area (Å²) in [6, 6.07) is 5.24. The molecule has 0 aliphatic carbocycles. The molecule has 0 saturated heterocycles. The minimum Gasteiger partial charge on any atom is -0.493 e. The first-order valence-electron chi connectivity index (χ1n) is 5.69. The molecule has 0 spiro atoms. The van der Waals surface area contributed by atoms with Gasteiger partial charge in [-0.3, -0.25) is 0 Å². The Balaban J connectivity index is 2.83. The van der Waals surface area contributed by atoms with E-state index in [1.54, 1.807) is 31.4 Å². The molecule has 98 valence electrons.